The van der Waals surface area contributed by atoms with Crippen LogP contribution in [0.2, 0.25) is 0 Å². The molecule has 4 aromatic rings. The molecular formula is C25H23BrN4O2S. The van der Waals surface area contributed by atoms with Gasteiger partial charge in [-0.1, -0.05) is 12.1 Å². The molecule has 1 aromatic heterocycles. The summed E-state index contributed by atoms with van der Waals surface area (Å²) in [4.78, 5) is 19.4. The van der Waals surface area contributed by atoms with Gasteiger partial charge in [-0.25, -0.2) is 4.98 Å². The topological polar surface area (TPSA) is 70.4 Å². The summed E-state index contributed by atoms with van der Waals surface area (Å²) in [6.07, 6.45) is 0. The Hall–Kier alpha value is -3.23. The fourth-order valence-electron chi connectivity index (χ4n) is 3.51. The standard InChI is InChI=1S/C25H23BrN4O2S/c1-3-30(4-2)18-12-9-16(10-13-18)24-28-21-15-17(11-14-22(21)32-24)27-25(33)29-23(31)19-7-5-6-8-20(19)26/h5-15H,3-4H2,1-2H3,(H2,27,29,31,33). The molecule has 0 atom stereocenters. The average molecular weight is 523 g/mol. The van der Waals surface area contributed by atoms with Crippen LogP contribution in [0.3, 0.4) is 0 Å². The molecule has 8 heteroatoms. The van der Waals surface area contributed by atoms with Crippen LogP contribution in [-0.4, -0.2) is 29.1 Å². The second-order valence-corrected chi connectivity index (χ2v) is 8.57. The number of fused-ring (bicyclic) bond motifs is 1. The van der Waals surface area contributed by atoms with E-state index in [9.17, 15) is 4.79 Å². The van der Waals surface area contributed by atoms with Gasteiger partial charge in [-0.05, 0) is 96.6 Å². The molecule has 0 fully saturated rings. The van der Waals surface area contributed by atoms with Crippen LogP contribution in [0.4, 0.5) is 11.4 Å². The minimum atomic E-state index is -0.294. The molecule has 33 heavy (non-hydrogen) atoms. The number of amides is 1. The number of rotatable bonds is 6. The SMILES string of the molecule is CCN(CC)c1ccc(-c2nc3cc(NC(=S)NC(=O)c4ccccc4Br)ccc3o2)cc1. The molecule has 0 aliphatic heterocycles. The molecule has 0 spiro atoms. The van der Waals surface area contributed by atoms with E-state index < -0.39 is 0 Å². The van der Waals surface area contributed by atoms with E-state index in [1.54, 1.807) is 18.2 Å². The van der Waals surface area contributed by atoms with E-state index in [4.69, 9.17) is 16.6 Å². The van der Waals surface area contributed by atoms with Crippen LogP contribution in [-0.2, 0) is 0 Å². The van der Waals surface area contributed by atoms with Gasteiger partial charge in [0.2, 0.25) is 5.89 Å². The lowest BCUT2D eigenvalue weighted by Crippen LogP contribution is -2.34. The minimum Gasteiger partial charge on any atom is -0.436 e. The van der Waals surface area contributed by atoms with Gasteiger partial charge in [0.15, 0.2) is 10.7 Å². The van der Waals surface area contributed by atoms with Crippen molar-refractivity contribution >= 4 is 61.6 Å². The maximum absolute atomic E-state index is 12.4. The van der Waals surface area contributed by atoms with Crippen LogP contribution >= 0.6 is 28.1 Å². The lowest BCUT2D eigenvalue weighted by atomic mass is 10.2. The number of oxazole rings is 1. The van der Waals surface area contributed by atoms with Crippen LogP contribution in [0.15, 0.2) is 75.6 Å². The van der Waals surface area contributed by atoms with Crippen molar-refractivity contribution in [2.24, 2.45) is 0 Å². The fourth-order valence-corrected chi connectivity index (χ4v) is 4.19. The van der Waals surface area contributed by atoms with E-state index in [2.05, 4.69) is 62.4 Å². The monoisotopic (exact) mass is 522 g/mol. The normalized spacial score (nSPS) is 10.8. The van der Waals surface area contributed by atoms with Gasteiger partial charge in [0, 0.05) is 34.5 Å². The molecule has 0 bridgehead atoms. The molecule has 6 nitrogen and oxygen atoms in total. The van der Waals surface area contributed by atoms with Gasteiger partial charge in [-0.15, -0.1) is 0 Å². The zero-order valence-electron chi connectivity index (χ0n) is 18.3. The summed E-state index contributed by atoms with van der Waals surface area (Å²) < 4.78 is 6.64. The number of nitrogens with one attached hydrogen (secondary N) is 2. The fraction of sp³-hybridized carbons (Fsp3) is 0.160. The van der Waals surface area contributed by atoms with Gasteiger partial charge < -0.3 is 14.6 Å². The average Bonchev–Trinajstić information content (AvgIpc) is 3.24. The Morgan fingerprint density at radius 2 is 1.79 bits per heavy atom. The molecule has 0 unspecified atom stereocenters. The highest BCUT2D eigenvalue weighted by Crippen LogP contribution is 2.28. The third-order valence-electron chi connectivity index (χ3n) is 5.23. The van der Waals surface area contributed by atoms with Crippen LogP contribution in [0, 0.1) is 0 Å². The van der Waals surface area contributed by atoms with Gasteiger partial charge in [0.25, 0.3) is 5.91 Å². The first kappa shape index (κ1) is 22.9. The summed E-state index contributed by atoms with van der Waals surface area (Å²) in [5, 5.41) is 5.92. The molecule has 168 valence electrons. The highest BCUT2D eigenvalue weighted by atomic mass is 79.9. The smallest absolute Gasteiger partial charge is 0.258 e. The van der Waals surface area contributed by atoms with E-state index in [-0.39, 0.29) is 11.0 Å². The number of nitrogens with zero attached hydrogens (tertiary/aromatic N) is 2. The number of hydrogen-bond donors (Lipinski definition) is 2. The number of hydrogen-bond acceptors (Lipinski definition) is 5. The molecule has 4 rings (SSSR count). The molecule has 1 amide bonds. The number of benzene rings is 3. The Morgan fingerprint density at radius 3 is 2.48 bits per heavy atom. The molecule has 0 saturated carbocycles. The zero-order chi connectivity index (χ0) is 23.4. The van der Waals surface area contributed by atoms with E-state index in [1.165, 1.54) is 5.69 Å². The quantitative estimate of drug-likeness (QED) is 0.292. The van der Waals surface area contributed by atoms with Crippen molar-refractivity contribution in [1.82, 2.24) is 10.3 Å². The van der Waals surface area contributed by atoms with Crippen LogP contribution in [0.1, 0.15) is 24.2 Å². The second kappa shape index (κ2) is 10.1. The second-order valence-electron chi connectivity index (χ2n) is 7.31. The first-order chi connectivity index (χ1) is 16.0. The van der Waals surface area contributed by atoms with Gasteiger partial charge in [-0.3, -0.25) is 10.1 Å². The Balaban J connectivity index is 1.47. The largest absolute Gasteiger partial charge is 0.436 e. The maximum Gasteiger partial charge on any atom is 0.258 e. The van der Waals surface area contributed by atoms with Gasteiger partial charge in [0.1, 0.15) is 5.52 Å². The molecule has 0 saturated heterocycles. The van der Waals surface area contributed by atoms with Crippen molar-refractivity contribution in [1.29, 1.82) is 0 Å². The predicted octanol–water partition coefficient (Wildman–Crippen LogP) is 6.23. The third kappa shape index (κ3) is 5.23. The highest BCUT2D eigenvalue weighted by molar-refractivity contribution is 9.10. The van der Waals surface area contributed by atoms with Crippen LogP contribution in [0.25, 0.3) is 22.6 Å². The Bertz CT molecular complexity index is 1300. The van der Waals surface area contributed by atoms with Crippen molar-refractivity contribution in [3.05, 3.63) is 76.8 Å². The summed E-state index contributed by atoms with van der Waals surface area (Å²) in [5.74, 6) is 0.260. The summed E-state index contributed by atoms with van der Waals surface area (Å²) in [7, 11) is 0. The molecule has 2 N–H and O–H groups in total. The number of carbonyl (C=O) groups excluding carboxylic acids is 1. The zero-order valence-corrected chi connectivity index (χ0v) is 20.7. The number of thiocarbonyl (C=S) groups is 1. The van der Waals surface area contributed by atoms with Crippen LogP contribution < -0.4 is 15.5 Å². The number of carbonyl (C=O) groups is 1. The number of aromatic nitrogens is 1. The Morgan fingerprint density at radius 1 is 1.06 bits per heavy atom. The van der Waals surface area contributed by atoms with Crippen molar-refractivity contribution in [3.63, 3.8) is 0 Å². The predicted molar refractivity (Wildman–Crippen MR) is 141 cm³/mol. The molecule has 1 heterocycles. The summed E-state index contributed by atoms with van der Waals surface area (Å²) in [5.41, 5.74) is 4.66. The van der Waals surface area contributed by atoms with Crippen LogP contribution in [0.5, 0.6) is 0 Å². The molecule has 0 aliphatic carbocycles. The van der Waals surface area contributed by atoms with Crippen molar-refractivity contribution in [2.75, 3.05) is 23.3 Å². The van der Waals surface area contributed by atoms with E-state index in [0.29, 0.717) is 32.7 Å². The molecular weight excluding hydrogens is 500 g/mol. The summed E-state index contributed by atoms with van der Waals surface area (Å²) in [6, 6.07) is 20.9. The Kier molecular flexibility index (Phi) is 7.05. The van der Waals surface area contributed by atoms with Crippen molar-refractivity contribution in [3.8, 4) is 11.5 Å². The maximum atomic E-state index is 12.4. The lowest BCUT2D eigenvalue weighted by molar-refractivity contribution is 0.0977. The summed E-state index contributed by atoms with van der Waals surface area (Å²) >= 11 is 8.68. The van der Waals surface area contributed by atoms with Gasteiger partial charge in [0.05, 0.1) is 5.56 Å². The Labute approximate surface area is 206 Å². The van der Waals surface area contributed by atoms with Crippen molar-refractivity contribution in [2.45, 2.75) is 13.8 Å². The lowest BCUT2D eigenvalue weighted by Gasteiger charge is -2.20. The number of anilines is 2. The first-order valence-corrected chi connectivity index (χ1v) is 11.8. The molecule has 0 aliphatic rings. The van der Waals surface area contributed by atoms with Crippen molar-refractivity contribution < 1.29 is 9.21 Å². The van der Waals surface area contributed by atoms with E-state index in [1.807, 2.05) is 36.4 Å². The van der Waals surface area contributed by atoms with Gasteiger partial charge >= 0.3 is 0 Å². The van der Waals surface area contributed by atoms with E-state index >= 15 is 0 Å². The highest BCUT2D eigenvalue weighted by Gasteiger charge is 2.13. The number of halogens is 1. The minimum absolute atomic E-state index is 0.200. The van der Waals surface area contributed by atoms with Gasteiger partial charge in [-0.2, -0.15) is 0 Å². The third-order valence-corrected chi connectivity index (χ3v) is 6.13. The molecule has 0 radical (unpaired) electrons. The molecule has 3 aromatic carbocycles. The van der Waals surface area contributed by atoms with E-state index in [0.717, 1.165) is 18.7 Å². The summed E-state index contributed by atoms with van der Waals surface area (Å²) in [6.45, 7) is 6.20. The first-order valence-electron chi connectivity index (χ1n) is 10.6.